The molecule has 3 aliphatic heterocycles. The van der Waals surface area contributed by atoms with Crippen LogP contribution >= 0.6 is 21.6 Å². The van der Waals surface area contributed by atoms with Crippen molar-refractivity contribution in [1.29, 1.82) is 0 Å². The van der Waals surface area contributed by atoms with E-state index >= 15 is 43.2 Å². The summed E-state index contributed by atoms with van der Waals surface area (Å²) in [4.78, 5) is 202. The normalized spacial score (nSPS) is 24.6. The minimum absolute atomic E-state index is 0.00648. The average molecular weight is 1580 g/mol. The van der Waals surface area contributed by atoms with Gasteiger partial charge in [-0.3, -0.25) is 62.5 Å². The van der Waals surface area contributed by atoms with Crippen molar-refractivity contribution in [1.82, 2.24) is 62.5 Å². The fourth-order valence-corrected chi connectivity index (χ4v) is 16.8. The number of aromatic nitrogens is 4. The SMILES string of the molecule is C[C@@H]1CC(=O)[C@@H]2CSSC[C@H](NC(=O)[C@H](Cc3c[nH]c4ccccc34)NC(=O)[C@H](CCCCN)NC(=O)[C@H](CCCCN)NC(=O)[C@H](CCCCN)CC1=O)C(=O)N[C@@H](CCCCN)C(=O)N[C@@H](Cc1cnc[nH]1)C(=O)N[C@H](Cc1ccccc1)C(=O)N[C@@H](CC1=CCC=N1)C(=O)C[C@@H](Cc1c[nH]c3ccccc13)C(=O)C2. The number of carbonyl (C=O) groups excluding carboxylic acids is 12. The average Bonchev–Trinajstić information content (AvgIpc) is 1.65. The van der Waals surface area contributed by atoms with E-state index in [-0.39, 0.29) is 108 Å². The molecule has 2 fully saturated rings. The van der Waals surface area contributed by atoms with Gasteiger partial charge in [0, 0.05) is 151 Å². The van der Waals surface area contributed by atoms with E-state index in [0.717, 1.165) is 32.5 Å². The van der Waals surface area contributed by atoms with Crippen molar-refractivity contribution < 1.29 is 57.5 Å². The summed E-state index contributed by atoms with van der Waals surface area (Å²) in [6.45, 7) is 2.59. The number of aromatic amines is 3. The Morgan fingerprint density at radius 1 is 0.411 bits per heavy atom. The van der Waals surface area contributed by atoms with Crippen LogP contribution in [0.1, 0.15) is 145 Å². The first kappa shape index (κ1) is 86.3. The topological polar surface area (TPSA) is 478 Å². The first-order chi connectivity index (χ1) is 54.2. The number of fused-ring (bicyclic) bond motifs is 7. The first-order valence-corrected chi connectivity index (χ1v) is 41.6. The van der Waals surface area contributed by atoms with Gasteiger partial charge in [0.25, 0.3) is 0 Å². The van der Waals surface area contributed by atoms with Gasteiger partial charge in [-0.05, 0) is 132 Å². The maximum atomic E-state index is 15.8. The summed E-state index contributed by atoms with van der Waals surface area (Å²) in [5.74, 6) is -13.0. The van der Waals surface area contributed by atoms with E-state index in [1.165, 1.54) is 12.5 Å². The van der Waals surface area contributed by atoms with Crippen molar-refractivity contribution in [3.8, 4) is 0 Å². The van der Waals surface area contributed by atoms with E-state index < -0.39 is 155 Å². The number of Topliss-reactive ketones (excluding diaryl/α,β-unsaturated/α-hetero) is 4. The van der Waals surface area contributed by atoms with Crippen LogP contribution in [0.5, 0.6) is 0 Å². The third kappa shape index (κ3) is 26.0. The summed E-state index contributed by atoms with van der Waals surface area (Å²) in [5, 5.41) is 24.6. The molecule has 602 valence electrons. The molecule has 19 N–H and O–H groups in total. The number of nitrogens with zero attached hydrogens (tertiary/aromatic N) is 2. The van der Waals surface area contributed by atoms with Crippen molar-refractivity contribution in [3.05, 3.63) is 138 Å². The van der Waals surface area contributed by atoms with Gasteiger partial charge in [0.1, 0.15) is 59.6 Å². The number of H-pyrrole nitrogens is 3. The number of unbranched alkanes of at least 4 members (excludes halogenated alkanes) is 4. The number of hydrogen-bond donors (Lipinski definition) is 15. The predicted molar refractivity (Wildman–Crippen MR) is 432 cm³/mol. The van der Waals surface area contributed by atoms with E-state index in [0.29, 0.717) is 96.9 Å². The van der Waals surface area contributed by atoms with Crippen molar-refractivity contribution >= 4 is 120 Å². The zero-order valence-corrected chi connectivity index (χ0v) is 65.2. The number of nitrogens with one attached hydrogen (secondary N) is 11. The number of aliphatic imine (C=N–C) groups is 1. The molecular weight excluding hydrogens is 1470 g/mol. The maximum Gasteiger partial charge on any atom is 0.244 e. The van der Waals surface area contributed by atoms with Gasteiger partial charge in [-0.1, -0.05) is 108 Å². The lowest BCUT2D eigenvalue weighted by Gasteiger charge is -2.28. The quantitative estimate of drug-likeness (QED) is 0.0262. The molecule has 112 heavy (non-hydrogen) atoms. The maximum absolute atomic E-state index is 15.8. The Hall–Kier alpha value is -9.66. The van der Waals surface area contributed by atoms with Crippen LogP contribution in [0.15, 0.2) is 121 Å². The van der Waals surface area contributed by atoms with Crippen LogP contribution in [0.4, 0.5) is 0 Å². The minimum atomic E-state index is -1.56. The molecule has 6 aromatic rings. The first-order valence-electron chi connectivity index (χ1n) is 39.1. The summed E-state index contributed by atoms with van der Waals surface area (Å²) in [5.41, 5.74) is 28.2. The molecule has 0 spiro atoms. The van der Waals surface area contributed by atoms with Crippen LogP contribution in [0.3, 0.4) is 0 Å². The molecule has 2 bridgehead atoms. The highest BCUT2D eigenvalue weighted by molar-refractivity contribution is 8.76. The Balaban J connectivity index is 1.18. The fourth-order valence-electron chi connectivity index (χ4n) is 14.3. The van der Waals surface area contributed by atoms with E-state index in [2.05, 4.69) is 67.5 Å². The second-order valence-corrected chi connectivity index (χ2v) is 32.0. The van der Waals surface area contributed by atoms with Crippen molar-refractivity contribution in [2.75, 3.05) is 37.7 Å². The highest BCUT2D eigenvalue weighted by atomic mass is 33.1. The minimum Gasteiger partial charge on any atom is -0.361 e. The lowest BCUT2D eigenvalue weighted by atomic mass is 9.82. The Bertz CT molecular complexity index is 4240. The lowest BCUT2D eigenvalue weighted by molar-refractivity contribution is -0.136. The molecule has 2 saturated heterocycles. The molecule has 0 radical (unpaired) electrons. The zero-order chi connectivity index (χ0) is 79.9. The molecule has 0 aliphatic carbocycles. The van der Waals surface area contributed by atoms with Crippen LogP contribution in [-0.2, 0) is 83.2 Å². The number of carbonyl (C=O) groups is 12. The number of benzene rings is 3. The van der Waals surface area contributed by atoms with Gasteiger partial charge in [0.2, 0.25) is 47.3 Å². The van der Waals surface area contributed by atoms with E-state index in [1.54, 1.807) is 55.9 Å². The number of nitrogens with two attached hydrogens (primary N) is 4. The molecule has 6 heterocycles. The highest BCUT2D eigenvalue weighted by Gasteiger charge is 2.40. The fraction of sp³-hybridized carbons (Fsp3) is 0.506. The summed E-state index contributed by atoms with van der Waals surface area (Å²) in [6, 6.07) is 12.4. The molecule has 0 saturated carbocycles. The number of hydrogen-bond acceptors (Lipinski definition) is 20. The molecular formula is C81H109N17O12S2. The van der Waals surface area contributed by atoms with Crippen LogP contribution in [0.2, 0.25) is 0 Å². The number of allylic oxidation sites excluding steroid dienone is 1. The second kappa shape index (κ2) is 44.5. The van der Waals surface area contributed by atoms with Crippen LogP contribution in [-0.4, -0.2) is 183 Å². The molecule has 3 aliphatic rings. The summed E-state index contributed by atoms with van der Waals surface area (Å²) in [7, 11) is 2.15. The van der Waals surface area contributed by atoms with Gasteiger partial charge >= 0.3 is 0 Å². The molecule has 3 aromatic heterocycles. The third-order valence-electron chi connectivity index (χ3n) is 20.9. The summed E-state index contributed by atoms with van der Waals surface area (Å²) >= 11 is 0. The zero-order valence-electron chi connectivity index (χ0n) is 63.6. The van der Waals surface area contributed by atoms with Crippen LogP contribution in [0.25, 0.3) is 21.8 Å². The number of amides is 8. The summed E-state index contributed by atoms with van der Waals surface area (Å²) < 4.78 is 0. The molecule has 8 amide bonds. The van der Waals surface area contributed by atoms with Crippen molar-refractivity contribution in [2.24, 2.45) is 51.6 Å². The molecule has 3 aromatic carbocycles. The molecule has 0 unspecified atom stereocenters. The Morgan fingerprint density at radius 3 is 1.46 bits per heavy atom. The second-order valence-electron chi connectivity index (χ2n) is 29.4. The van der Waals surface area contributed by atoms with E-state index in [4.69, 9.17) is 22.9 Å². The molecule has 9 rings (SSSR count). The van der Waals surface area contributed by atoms with Gasteiger partial charge in [-0.25, -0.2) is 4.98 Å². The van der Waals surface area contributed by atoms with Crippen molar-refractivity contribution in [3.63, 3.8) is 0 Å². The molecule has 29 nitrogen and oxygen atoms in total. The van der Waals surface area contributed by atoms with Crippen LogP contribution < -0.4 is 65.5 Å². The number of imidazole rings is 1. The predicted octanol–water partition coefficient (Wildman–Crippen LogP) is 4.52. The monoisotopic (exact) mass is 1580 g/mol. The smallest absolute Gasteiger partial charge is 0.244 e. The standard InChI is InChI=1S/C81H109N17O12S2/c1-49-34-71(100)55-40-72(101)52(36-53-43-88-60-24-7-5-22-58(53)60)39-73(102)65(41-56-21-17-33-87-56)94-78(107)66(35-50-18-3-2-4-19-50)95-80(109)68(42-57-45-86-48-90-57)97-77(106)64(28-12-16-32-85)93-81(110)69(47-112-111-46-55)98-79(108)67(37-54-44-89-61-25-8-6-23-59(54)61)96-76(105)63(27-11-15-31-84)92-75(104)62(26-10-14-30-83)91-74(103)51(38-70(49)99)20-9-13-29-82/h2-8,18-19,21-25,33,43-45,48-49,51-52,55,62-69,88-89H,9-17,20,26-32,34-42,46-47,82-85H2,1H3,(H,86,90)(H,91,103)(H,92,104)(H,93,110)(H,94,107)(H,95,109)(H,96,105)(H,97,106)(H,98,108)/t49-,51-,52-,55+,62+,63+,64+,65+,66-,67+,68+,69+/m1/s1. The van der Waals surface area contributed by atoms with Gasteiger partial charge in [0.05, 0.1) is 12.4 Å². The number of ketones is 4. The van der Waals surface area contributed by atoms with Crippen LogP contribution in [0, 0.1) is 23.7 Å². The Labute approximate surface area is 660 Å². The van der Waals surface area contributed by atoms with Crippen molar-refractivity contribution in [2.45, 2.75) is 197 Å². The van der Waals surface area contributed by atoms with E-state index in [1.807, 2.05) is 54.6 Å². The Kier molecular flexibility index (Phi) is 34.3. The van der Waals surface area contributed by atoms with Gasteiger partial charge in [-0.2, -0.15) is 0 Å². The van der Waals surface area contributed by atoms with Gasteiger partial charge in [-0.15, -0.1) is 0 Å². The van der Waals surface area contributed by atoms with E-state index in [9.17, 15) is 14.4 Å². The summed E-state index contributed by atoms with van der Waals surface area (Å²) in [6.07, 6.45) is 11.6. The largest absolute Gasteiger partial charge is 0.361 e. The Morgan fingerprint density at radius 2 is 0.893 bits per heavy atom. The lowest BCUT2D eigenvalue weighted by Crippen LogP contribution is -2.61. The number of rotatable bonds is 26. The highest BCUT2D eigenvalue weighted by Crippen LogP contribution is 2.33. The molecule has 12 atom stereocenters. The molecule has 31 heteroatoms. The van der Waals surface area contributed by atoms with Gasteiger partial charge in [0.15, 0.2) is 5.78 Å². The van der Waals surface area contributed by atoms with Gasteiger partial charge < -0.3 is 80.4 Å². The number of para-hydroxylation sites is 2. The third-order valence-corrected chi connectivity index (χ3v) is 23.4.